The van der Waals surface area contributed by atoms with E-state index in [1.807, 2.05) is 36.4 Å². The van der Waals surface area contributed by atoms with Crippen LogP contribution in [0.1, 0.15) is 31.9 Å². The number of likely N-dealkylation sites (tertiary alicyclic amines) is 1. The summed E-state index contributed by atoms with van der Waals surface area (Å²) in [7, 11) is 0. The van der Waals surface area contributed by atoms with Crippen molar-refractivity contribution in [2.24, 2.45) is 5.92 Å². The minimum absolute atomic E-state index is 0.108. The first-order valence-electron chi connectivity index (χ1n) is 9.98. The van der Waals surface area contributed by atoms with E-state index in [1.165, 1.54) is 0 Å². The van der Waals surface area contributed by atoms with Crippen molar-refractivity contribution >= 4 is 11.6 Å². The van der Waals surface area contributed by atoms with Crippen LogP contribution in [0, 0.1) is 5.92 Å². The van der Waals surface area contributed by atoms with E-state index in [9.17, 15) is 9.18 Å². The topological polar surface area (TPSA) is 41.4 Å². The van der Waals surface area contributed by atoms with E-state index in [1.54, 1.807) is 0 Å². The summed E-state index contributed by atoms with van der Waals surface area (Å²) in [5.41, 5.74) is 2.98. The van der Waals surface area contributed by atoms with Gasteiger partial charge in [0, 0.05) is 37.9 Å². The largest absolute Gasteiger partial charge is 0.351 e. The van der Waals surface area contributed by atoms with Crippen molar-refractivity contribution < 1.29 is 9.18 Å². The highest BCUT2D eigenvalue weighted by molar-refractivity contribution is 5.81. The number of hydrogen-bond donors (Lipinski definition) is 0. The predicted octanol–water partition coefficient (Wildman–Crippen LogP) is 3.44. The number of fused-ring (bicyclic) bond motifs is 4. The van der Waals surface area contributed by atoms with Gasteiger partial charge in [-0.15, -0.1) is 0 Å². The zero-order valence-corrected chi connectivity index (χ0v) is 16.1. The van der Waals surface area contributed by atoms with Gasteiger partial charge in [0.2, 0.25) is 5.91 Å². The van der Waals surface area contributed by atoms with Gasteiger partial charge in [-0.2, -0.15) is 0 Å². The van der Waals surface area contributed by atoms with Crippen LogP contribution in [0.4, 0.5) is 10.1 Å². The van der Waals surface area contributed by atoms with Crippen molar-refractivity contribution in [3.8, 4) is 5.82 Å². The number of aromatic nitrogens is 2. The summed E-state index contributed by atoms with van der Waals surface area (Å²) in [6, 6.07) is 8.24. The summed E-state index contributed by atoms with van der Waals surface area (Å²) in [5.74, 6) is 0.874. The lowest BCUT2D eigenvalue weighted by atomic mass is 9.82. The Morgan fingerprint density at radius 2 is 2.18 bits per heavy atom. The molecule has 3 aliphatic rings. The van der Waals surface area contributed by atoms with Crippen LogP contribution in [0.5, 0.6) is 0 Å². The number of alkyl halides is 1. The molecule has 1 saturated heterocycles. The number of anilines is 1. The second-order valence-corrected chi connectivity index (χ2v) is 8.46. The van der Waals surface area contributed by atoms with E-state index in [0.717, 1.165) is 29.2 Å². The van der Waals surface area contributed by atoms with Gasteiger partial charge in [-0.25, -0.2) is 9.37 Å². The number of carbonyl (C=O) groups is 1. The average molecular weight is 380 g/mol. The Labute approximate surface area is 164 Å². The van der Waals surface area contributed by atoms with Crippen LogP contribution in [-0.2, 0) is 10.3 Å². The van der Waals surface area contributed by atoms with Crippen molar-refractivity contribution in [1.82, 2.24) is 14.5 Å². The summed E-state index contributed by atoms with van der Waals surface area (Å²) >= 11 is 0. The minimum atomic E-state index is -0.810. The standard InChI is InChI=1S/C22H25FN4O/c1-15(2)13-27-18-5-3-8-24-20(18)26-9-4-6-19(26)22(27)7-10-25(14-22)21(28)16-11-17(23)12-16/h3-6,8-9,16-17H,1,7,10-14H2,2H3. The Morgan fingerprint density at radius 1 is 1.36 bits per heavy atom. The Kier molecular flexibility index (Phi) is 3.86. The summed E-state index contributed by atoms with van der Waals surface area (Å²) in [4.78, 5) is 21.9. The first-order chi connectivity index (χ1) is 13.5. The molecule has 2 fully saturated rings. The van der Waals surface area contributed by atoms with E-state index < -0.39 is 6.17 Å². The van der Waals surface area contributed by atoms with Crippen LogP contribution in [0.25, 0.3) is 5.82 Å². The molecule has 4 heterocycles. The van der Waals surface area contributed by atoms with Gasteiger partial charge in [0.25, 0.3) is 0 Å². The van der Waals surface area contributed by atoms with Crippen molar-refractivity contribution in [3.05, 3.63) is 54.5 Å². The lowest BCUT2D eigenvalue weighted by molar-refractivity contribution is -0.139. The maximum atomic E-state index is 13.3. The van der Waals surface area contributed by atoms with E-state index in [-0.39, 0.29) is 17.4 Å². The fourth-order valence-corrected chi connectivity index (χ4v) is 5.02. The van der Waals surface area contributed by atoms with Crippen molar-refractivity contribution in [2.75, 3.05) is 24.5 Å². The van der Waals surface area contributed by atoms with Gasteiger partial charge in [0.1, 0.15) is 11.7 Å². The highest BCUT2D eigenvalue weighted by Crippen LogP contribution is 2.47. The molecule has 1 unspecified atom stereocenters. The molecule has 2 aromatic rings. The summed E-state index contributed by atoms with van der Waals surface area (Å²) < 4.78 is 15.4. The molecule has 146 valence electrons. The molecule has 1 amide bonds. The van der Waals surface area contributed by atoms with Gasteiger partial charge in [-0.05, 0) is 50.5 Å². The van der Waals surface area contributed by atoms with E-state index in [0.29, 0.717) is 32.5 Å². The van der Waals surface area contributed by atoms with Crippen molar-refractivity contribution in [1.29, 1.82) is 0 Å². The molecule has 0 bridgehead atoms. The molecule has 2 aliphatic heterocycles. The quantitative estimate of drug-likeness (QED) is 0.766. The van der Waals surface area contributed by atoms with Gasteiger partial charge < -0.3 is 14.4 Å². The number of nitrogens with zero attached hydrogens (tertiary/aromatic N) is 4. The zero-order chi connectivity index (χ0) is 19.5. The molecular weight excluding hydrogens is 355 g/mol. The SMILES string of the molecule is C=C(C)CN1c2cccnc2-n2cccc2C12CCN(C(=O)C1CC(F)C1)C2. The first-order valence-corrected chi connectivity index (χ1v) is 9.98. The van der Waals surface area contributed by atoms with Crippen LogP contribution < -0.4 is 4.90 Å². The Morgan fingerprint density at radius 3 is 2.93 bits per heavy atom. The van der Waals surface area contributed by atoms with Crippen LogP contribution in [0.2, 0.25) is 0 Å². The molecule has 1 atom stereocenters. The lowest BCUT2D eigenvalue weighted by Gasteiger charge is -2.47. The minimum Gasteiger partial charge on any atom is -0.351 e. The first kappa shape index (κ1) is 17.5. The average Bonchev–Trinajstić information content (AvgIpc) is 3.30. The Hall–Kier alpha value is -2.63. The van der Waals surface area contributed by atoms with Gasteiger partial charge in [-0.3, -0.25) is 4.79 Å². The smallest absolute Gasteiger partial charge is 0.225 e. The second-order valence-electron chi connectivity index (χ2n) is 8.46. The van der Waals surface area contributed by atoms with Gasteiger partial charge in [0.05, 0.1) is 11.4 Å². The van der Waals surface area contributed by atoms with Crippen molar-refractivity contribution in [2.45, 2.75) is 37.9 Å². The fraction of sp³-hybridized carbons (Fsp3) is 0.455. The highest BCUT2D eigenvalue weighted by atomic mass is 19.1. The molecule has 1 saturated carbocycles. The molecule has 0 radical (unpaired) electrons. The summed E-state index contributed by atoms with van der Waals surface area (Å²) in [6.45, 7) is 8.20. The predicted molar refractivity (Wildman–Crippen MR) is 106 cm³/mol. The van der Waals surface area contributed by atoms with Gasteiger partial charge in [0.15, 0.2) is 5.82 Å². The number of halogens is 1. The highest BCUT2D eigenvalue weighted by Gasteiger charge is 2.52. The third-order valence-corrected chi connectivity index (χ3v) is 6.44. The third kappa shape index (κ3) is 2.43. The number of rotatable bonds is 3. The van der Waals surface area contributed by atoms with Crippen LogP contribution in [0.3, 0.4) is 0 Å². The van der Waals surface area contributed by atoms with Crippen molar-refractivity contribution in [3.63, 3.8) is 0 Å². The molecule has 0 aromatic carbocycles. The fourth-order valence-electron chi connectivity index (χ4n) is 5.02. The van der Waals surface area contributed by atoms with E-state index in [2.05, 4.69) is 33.2 Å². The second kappa shape index (κ2) is 6.19. The Bertz CT molecular complexity index is 948. The molecular formula is C22H25FN4O. The molecule has 28 heavy (non-hydrogen) atoms. The number of carbonyl (C=O) groups excluding carboxylic acids is 1. The normalized spacial score (nSPS) is 28.1. The van der Waals surface area contributed by atoms with Crippen LogP contribution in [0.15, 0.2) is 48.8 Å². The monoisotopic (exact) mass is 380 g/mol. The molecule has 0 N–H and O–H groups in total. The zero-order valence-electron chi connectivity index (χ0n) is 16.1. The van der Waals surface area contributed by atoms with Crippen LogP contribution in [-0.4, -0.2) is 46.2 Å². The molecule has 6 heteroatoms. The molecule has 2 aromatic heterocycles. The number of amides is 1. The number of pyridine rings is 1. The van der Waals surface area contributed by atoms with Gasteiger partial charge >= 0.3 is 0 Å². The summed E-state index contributed by atoms with van der Waals surface area (Å²) in [5, 5.41) is 0. The number of hydrogen-bond acceptors (Lipinski definition) is 3. The van der Waals surface area contributed by atoms with Gasteiger partial charge in [-0.1, -0.05) is 12.2 Å². The molecule has 1 spiro atoms. The van der Waals surface area contributed by atoms with Crippen LogP contribution >= 0.6 is 0 Å². The molecule has 1 aliphatic carbocycles. The maximum absolute atomic E-state index is 13.3. The molecule has 5 rings (SSSR count). The Balaban J connectivity index is 1.56. The maximum Gasteiger partial charge on any atom is 0.225 e. The van der Waals surface area contributed by atoms with E-state index >= 15 is 0 Å². The third-order valence-electron chi connectivity index (χ3n) is 6.44. The molecule has 5 nitrogen and oxygen atoms in total. The lowest BCUT2D eigenvalue weighted by Crippen LogP contribution is -2.54. The van der Waals surface area contributed by atoms with E-state index in [4.69, 9.17) is 0 Å². The summed E-state index contributed by atoms with van der Waals surface area (Å²) in [6.07, 6.45) is 4.65.